The molecule has 1 unspecified atom stereocenters. The van der Waals surface area contributed by atoms with Crippen molar-refractivity contribution in [2.75, 3.05) is 13.4 Å². The molecule has 2 aromatic carbocycles. The van der Waals surface area contributed by atoms with E-state index in [0.29, 0.717) is 6.61 Å². The lowest BCUT2D eigenvalue weighted by atomic mass is 9.80. The quantitative estimate of drug-likeness (QED) is 0.744. The van der Waals surface area contributed by atoms with Gasteiger partial charge in [0, 0.05) is 23.8 Å². The van der Waals surface area contributed by atoms with Crippen LogP contribution in [0, 0.1) is 0 Å². The first-order valence-corrected chi connectivity index (χ1v) is 7.08. The molecule has 3 aliphatic heterocycles. The average Bonchev–Trinajstić information content (AvgIpc) is 2.99. The van der Waals surface area contributed by atoms with Gasteiger partial charge in [0.1, 0.15) is 12.4 Å². The molecular formula is C17H13NO3. The minimum atomic E-state index is 0.132. The molecule has 4 nitrogen and oxygen atoms in total. The first kappa shape index (κ1) is 11.2. The van der Waals surface area contributed by atoms with E-state index in [4.69, 9.17) is 14.2 Å². The lowest BCUT2D eigenvalue weighted by molar-refractivity contribution is 0.174. The zero-order valence-electron chi connectivity index (χ0n) is 11.3. The predicted molar refractivity (Wildman–Crippen MR) is 77.7 cm³/mol. The summed E-state index contributed by atoms with van der Waals surface area (Å²) in [6.45, 7) is 0.878. The number of benzene rings is 2. The van der Waals surface area contributed by atoms with Gasteiger partial charge in [-0.15, -0.1) is 0 Å². The second kappa shape index (κ2) is 4.01. The molecule has 0 radical (unpaired) electrons. The van der Waals surface area contributed by atoms with Crippen LogP contribution in [-0.2, 0) is 0 Å². The molecule has 4 heteroatoms. The maximum atomic E-state index is 5.88. The number of nitrogens with zero attached hydrogens (tertiary/aromatic N) is 1. The van der Waals surface area contributed by atoms with E-state index in [1.807, 2.05) is 24.4 Å². The van der Waals surface area contributed by atoms with Crippen LogP contribution in [-0.4, -0.2) is 25.7 Å². The fourth-order valence-corrected chi connectivity index (χ4v) is 3.38. The molecule has 0 aliphatic carbocycles. The van der Waals surface area contributed by atoms with Crippen LogP contribution in [0.1, 0.15) is 22.6 Å². The summed E-state index contributed by atoms with van der Waals surface area (Å²) in [7, 11) is 0. The molecule has 104 valence electrons. The fraction of sp³-hybridized carbons (Fsp3) is 0.235. The van der Waals surface area contributed by atoms with Gasteiger partial charge < -0.3 is 14.2 Å². The zero-order chi connectivity index (χ0) is 13.8. The van der Waals surface area contributed by atoms with Crippen molar-refractivity contribution in [3.8, 4) is 17.2 Å². The summed E-state index contributed by atoms with van der Waals surface area (Å²) >= 11 is 0. The summed E-state index contributed by atoms with van der Waals surface area (Å²) in [6, 6.07) is 12.5. The van der Waals surface area contributed by atoms with Crippen molar-refractivity contribution in [1.29, 1.82) is 0 Å². The van der Waals surface area contributed by atoms with Crippen molar-refractivity contribution in [3.05, 3.63) is 53.1 Å². The molecule has 3 aliphatic rings. The van der Waals surface area contributed by atoms with Crippen LogP contribution < -0.4 is 14.2 Å². The lowest BCUT2D eigenvalue weighted by Gasteiger charge is -2.34. The molecule has 2 aromatic rings. The molecular weight excluding hydrogens is 266 g/mol. The highest BCUT2D eigenvalue weighted by atomic mass is 16.7. The van der Waals surface area contributed by atoms with Gasteiger partial charge >= 0.3 is 0 Å². The molecule has 0 amide bonds. The van der Waals surface area contributed by atoms with E-state index in [-0.39, 0.29) is 18.8 Å². The van der Waals surface area contributed by atoms with Crippen molar-refractivity contribution < 1.29 is 14.2 Å². The van der Waals surface area contributed by atoms with Gasteiger partial charge in [0.2, 0.25) is 6.79 Å². The fourth-order valence-electron chi connectivity index (χ4n) is 3.38. The monoisotopic (exact) mass is 279 g/mol. The Hall–Kier alpha value is -2.49. The molecule has 0 bridgehead atoms. The van der Waals surface area contributed by atoms with Gasteiger partial charge in [0.25, 0.3) is 0 Å². The summed E-state index contributed by atoms with van der Waals surface area (Å²) in [5.41, 5.74) is 3.63. The first-order valence-electron chi connectivity index (χ1n) is 7.08. The van der Waals surface area contributed by atoms with Gasteiger partial charge in [-0.1, -0.05) is 24.3 Å². The van der Waals surface area contributed by atoms with E-state index in [9.17, 15) is 0 Å². The highest BCUT2D eigenvalue weighted by Crippen LogP contribution is 2.47. The van der Waals surface area contributed by atoms with E-state index in [0.717, 1.165) is 22.8 Å². The molecule has 0 N–H and O–H groups in total. The second-order valence-corrected chi connectivity index (χ2v) is 5.51. The topological polar surface area (TPSA) is 40.0 Å². The van der Waals surface area contributed by atoms with Crippen LogP contribution in [0.5, 0.6) is 17.2 Å². The smallest absolute Gasteiger partial charge is 0.231 e. The molecule has 0 fully saturated rings. The third-order valence-corrected chi connectivity index (χ3v) is 4.37. The Balaban J connectivity index is 1.73. The van der Waals surface area contributed by atoms with E-state index < -0.39 is 0 Å². The Morgan fingerprint density at radius 2 is 1.76 bits per heavy atom. The van der Waals surface area contributed by atoms with E-state index >= 15 is 0 Å². The van der Waals surface area contributed by atoms with Crippen molar-refractivity contribution >= 4 is 6.21 Å². The van der Waals surface area contributed by atoms with Gasteiger partial charge in [-0.05, 0) is 17.2 Å². The normalized spacial score (nSPS) is 23.8. The highest BCUT2D eigenvalue weighted by molar-refractivity contribution is 5.84. The number of ether oxygens (including phenoxy) is 3. The van der Waals surface area contributed by atoms with Gasteiger partial charge in [-0.2, -0.15) is 0 Å². The highest BCUT2D eigenvalue weighted by Gasteiger charge is 2.36. The average molecular weight is 279 g/mol. The Labute approximate surface area is 122 Å². The zero-order valence-corrected chi connectivity index (χ0v) is 11.3. The molecule has 5 rings (SSSR count). The van der Waals surface area contributed by atoms with Crippen LogP contribution >= 0.6 is 0 Å². The van der Waals surface area contributed by atoms with Crippen molar-refractivity contribution in [1.82, 2.24) is 0 Å². The summed E-state index contributed by atoms with van der Waals surface area (Å²) in [6.07, 6.45) is 1.96. The van der Waals surface area contributed by atoms with Gasteiger partial charge in [-0.25, -0.2) is 0 Å². The Bertz CT molecular complexity index is 769. The van der Waals surface area contributed by atoms with Crippen molar-refractivity contribution in [3.63, 3.8) is 0 Å². The third-order valence-electron chi connectivity index (χ3n) is 4.37. The summed E-state index contributed by atoms with van der Waals surface area (Å²) < 4.78 is 16.8. The number of hydrogen-bond donors (Lipinski definition) is 0. The van der Waals surface area contributed by atoms with Crippen LogP contribution in [0.3, 0.4) is 0 Å². The largest absolute Gasteiger partial charge is 0.491 e. The predicted octanol–water partition coefficient (Wildman–Crippen LogP) is 2.74. The Morgan fingerprint density at radius 3 is 2.71 bits per heavy atom. The number of hydrogen-bond acceptors (Lipinski definition) is 4. The second-order valence-electron chi connectivity index (χ2n) is 5.51. The van der Waals surface area contributed by atoms with Crippen LogP contribution in [0.2, 0.25) is 0 Å². The molecule has 0 saturated carbocycles. The van der Waals surface area contributed by atoms with Crippen LogP contribution in [0.15, 0.2) is 41.4 Å². The van der Waals surface area contributed by atoms with E-state index in [2.05, 4.69) is 23.2 Å². The van der Waals surface area contributed by atoms with Crippen molar-refractivity contribution in [2.45, 2.75) is 12.0 Å². The SMILES string of the molecule is C1=N[C@@H]2COc3cc4c(cc3C2c2ccccc21)OCO4. The summed E-state index contributed by atoms with van der Waals surface area (Å²) in [5.74, 6) is 2.67. The number of aliphatic imine (C=N–C) groups is 1. The van der Waals surface area contributed by atoms with E-state index in [1.54, 1.807) is 0 Å². The summed E-state index contributed by atoms with van der Waals surface area (Å²) in [5, 5.41) is 0. The van der Waals surface area contributed by atoms with Crippen LogP contribution in [0.25, 0.3) is 0 Å². The Kier molecular flexibility index (Phi) is 2.14. The lowest BCUT2D eigenvalue weighted by Crippen LogP contribution is -2.33. The minimum Gasteiger partial charge on any atom is -0.491 e. The molecule has 3 heterocycles. The standard InChI is InChI=1S/C17H13NO3/c1-2-4-11-10(3-1)7-18-13-8-19-14-6-16-15(20-9-21-16)5-12(14)17(11)13/h1-7,13,17H,8-9H2/t13-,17?/m1/s1. The maximum absolute atomic E-state index is 5.88. The number of fused-ring (bicyclic) bond motifs is 6. The van der Waals surface area contributed by atoms with Crippen molar-refractivity contribution in [2.24, 2.45) is 4.99 Å². The van der Waals surface area contributed by atoms with Crippen LogP contribution in [0.4, 0.5) is 0 Å². The molecule has 21 heavy (non-hydrogen) atoms. The minimum absolute atomic E-state index is 0.132. The van der Waals surface area contributed by atoms with E-state index in [1.165, 1.54) is 11.1 Å². The molecule has 2 atom stereocenters. The molecule has 0 aromatic heterocycles. The Morgan fingerprint density at radius 1 is 0.905 bits per heavy atom. The van der Waals surface area contributed by atoms with Gasteiger partial charge in [-0.3, -0.25) is 4.99 Å². The summed E-state index contributed by atoms with van der Waals surface area (Å²) in [4.78, 5) is 4.66. The number of rotatable bonds is 0. The maximum Gasteiger partial charge on any atom is 0.231 e. The third kappa shape index (κ3) is 1.53. The van der Waals surface area contributed by atoms with Gasteiger partial charge in [0.05, 0.1) is 6.04 Å². The molecule has 0 spiro atoms. The molecule has 0 saturated heterocycles. The van der Waals surface area contributed by atoms with Gasteiger partial charge in [0.15, 0.2) is 11.5 Å². The first-order chi connectivity index (χ1) is 10.4.